The van der Waals surface area contributed by atoms with Crippen molar-refractivity contribution in [3.05, 3.63) is 75.8 Å². The molecule has 0 saturated carbocycles. The van der Waals surface area contributed by atoms with E-state index in [0.29, 0.717) is 11.4 Å². The maximum atomic E-state index is 12.2. The zero-order valence-electron chi connectivity index (χ0n) is 15.5. The van der Waals surface area contributed by atoms with Crippen molar-refractivity contribution < 1.29 is 0 Å². The van der Waals surface area contributed by atoms with Gasteiger partial charge in [0.25, 0.3) is 5.56 Å². The number of rotatable bonds is 6. The number of nitrogens with one attached hydrogen (secondary N) is 1. The van der Waals surface area contributed by atoms with Gasteiger partial charge in [-0.15, -0.1) is 10.2 Å². The molecule has 0 spiro atoms. The van der Waals surface area contributed by atoms with Crippen molar-refractivity contribution in [2.24, 2.45) is 0 Å². The third-order valence-corrected chi connectivity index (χ3v) is 6.35. The van der Waals surface area contributed by atoms with E-state index in [1.165, 1.54) is 38.6 Å². The number of aromatic nitrogens is 4. The second-order valence-corrected chi connectivity index (χ2v) is 8.46. The lowest BCUT2D eigenvalue weighted by Crippen LogP contribution is -2.14. The molecule has 28 heavy (non-hydrogen) atoms. The highest BCUT2D eigenvalue weighted by atomic mass is 32.2. The quantitative estimate of drug-likeness (QED) is 0.474. The molecule has 0 atom stereocenters. The van der Waals surface area contributed by atoms with Crippen LogP contribution in [0.25, 0.3) is 5.65 Å². The second-order valence-electron chi connectivity index (χ2n) is 6.26. The summed E-state index contributed by atoms with van der Waals surface area (Å²) in [5.41, 5.74) is 4.85. The minimum Gasteiger partial charge on any atom is -0.330 e. The number of fused-ring (bicyclic) bond motifs is 1. The summed E-state index contributed by atoms with van der Waals surface area (Å²) < 4.78 is 2.37. The van der Waals surface area contributed by atoms with E-state index in [9.17, 15) is 4.79 Å². The molecule has 1 N–H and O–H groups in total. The van der Waals surface area contributed by atoms with Crippen LogP contribution in [0.15, 0.2) is 57.8 Å². The molecular weight excluding hydrogens is 390 g/mol. The largest absolute Gasteiger partial charge is 0.330 e. The predicted molar refractivity (Wildman–Crippen MR) is 115 cm³/mol. The number of anilines is 2. The first-order valence-corrected chi connectivity index (χ1v) is 10.7. The zero-order valence-corrected chi connectivity index (χ0v) is 17.2. The van der Waals surface area contributed by atoms with Gasteiger partial charge < -0.3 is 5.32 Å². The van der Waals surface area contributed by atoms with Gasteiger partial charge in [-0.1, -0.05) is 54.3 Å². The zero-order chi connectivity index (χ0) is 19.5. The van der Waals surface area contributed by atoms with Crippen LogP contribution in [-0.4, -0.2) is 19.6 Å². The van der Waals surface area contributed by atoms with E-state index in [2.05, 4.69) is 52.5 Å². The Kier molecular flexibility index (Phi) is 5.40. The molecule has 0 unspecified atom stereocenters. The number of hydrogen-bond donors (Lipinski definition) is 1. The first-order chi connectivity index (χ1) is 13.6. The molecule has 0 aliphatic heterocycles. The number of hydrogen-bond acceptors (Lipinski definition) is 7. The number of thioether (sulfide) groups is 1. The number of nitrogens with zero attached hydrogens (tertiary/aromatic N) is 4. The first kappa shape index (κ1) is 18.6. The molecule has 1 aromatic carbocycles. The van der Waals surface area contributed by atoms with Crippen molar-refractivity contribution in [2.75, 3.05) is 5.32 Å². The normalized spacial score (nSPS) is 11.1. The Balaban J connectivity index is 1.48. The minimum absolute atomic E-state index is 0.0764. The Morgan fingerprint density at radius 2 is 2.07 bits per heavy atom. The average Bonchev–Trinajstić information content (AvgIpc) is 3.15. The Hall–Kier alpha value is -2.71. The fourth-order valence-electron chi connectivity index (χ4n) is 2.94. The Morgan fingerprint density at radius 1 is 1.18 bits per heavy atom. The molecule has 0 aliphatic carbocycles. The maximum absolute atomic E-state index is 12.2. The van der Waals surface area contributed by atoms with Crippen LogP contribution in [0.4, 0.5) is 10.8 Å². The summed E-state index contributed by atoms with van der Waals surface area (Å²) in [4.78, 5) is 16.7. The lowest BCUT2D eigenvalue weighted by Gasteiger charge is -2.11. The van der Waals surface area contributed by atoms with E-state index < -0.39 is 0 Å². The van der Waals surface area contributed by atoms with Crippen molar-refractivity contribution in [3.63, 3.8) is 0 Å². The third kappa shape index (κ3) is 3.93. The van der Waals surface area contributed by atoms with E-state index >= 15 is 0 Å². The van der Waals surface area contributed by atoms with Crippen molar-refractivity contribution in [2.45, 2.75) is 30.4 Å². The molecule has 0 radical (unpaired) electrons. The summed E-state index contributed by atoms with van der Waals surface area (Å²) in [6.45, 7) is 4.22. The molecule has 4 aromatic rings. The molecule has 0 fully saturated rings. The van der Waals surface area contributed by atoms with Gasteiger partial charge in [-0.2, -0.15) is 0 Å². The van der Waals surface area contributed by atoms with Crippen LogP contribution in [0.5, 0.6) is 0 Å². The fraction of sp³-hybridized carbons (Fsp3) is 0.200. The highest BCUT2D eigenvalue weighted by Crippen LogP contribution is 2.31. The van der Waals surface area contributed by atoms with Gasteiger partial charge >= 0.3 is 0 Å². The number of benzene rings is 1. The van der Waals surface area contributed by atoms with Gasteiger partial charge in [-0.05, 0) is 36.6 Å². The predicted octanol–water partition coefficient (Wildman–Crippen LogP) is 4.45. The third-order valence-electron chi connectivity index (χ3n) is 4.35. The molecule has 0 amide bonds. The summed E-state index contributed by atoms with van der Waals surface area (Å²) in [5, 5.41) is 12.7. The molecule has 0 saturated heterocycles. The van der Waals surface area contributed by atoms with Crippen LogP contribution < -0.4 is 10.9 Å². The summed E-state index contributed by atoms with van der Waals surface area (Å²) in [6.07, 6.45) is 2.67. The van der Waals surface area contributed by atoms with Gasteiger partial charge in [-0.25, -0.2) is 4.98 Å². The topological polar surface area (TPSA) is 72.2 Å². The number of pyridine rings is 1. The SMILES string of the molecule is CCc1cccc(C)c1Nc1nnc(SCc2cc(=O)n3ccccc3n2)s1. The summed E-state index contributed by atoms with van der Waals surface area (Å²) >= 11 is 3.03. The molecule has 8 heteroatoms. The minimum atomic E-state index is -0.0764. The van der Waals surface area contributed by atoms with E-state index in [4.69, 9.17) is 0 Å². The highest BCUT2D eigenvalue weighted by Gasteiger charge is 2.10. The van der Waals surface area contributed by atoms with Gasteiger partial charge in [0, 0.05) is 23.7 Å². The van der Waals surface area contributed by atoms with Gasteiger partial charge in [0.15, 0.2) is 4.34 Å². The van der Waals surface area contributed by atoms with E-state index in [-0.39, 0.29) is 5.56 Å². The first-order valence-electron chi connectivity index (χ1n) is 8.93. The molecule has 6 nitrogen and oxygen atoms in total. The van der Waals surface area contributed by atoms with Crippen molar-refractivity contribution in [3.8, 4) is 0 Å². The standard InChI is InChI=1S/C20H19N5OS2/c1-3-14-8-6-7-13(2)18(14)22-19-23-24-20(28-19)27-12-15-11-17(26)25-10-5-4-9-16(25)21-15/h4-11H,3,12H2,1-2H3,(H,22,23). The van der Waals surface area contributed by atoms with Crippen LogP contribution in [0.1, 0.15) is 23.7 Å². The van der Waals surface area contributed by atoms with Crippen LogP contribution in [0.3, 0.4) is 0 Å². The number of para-hydroxylation sites is 1. The van der Waals surface area contributed by atoms with Crippen LogP contribution >= 0.6 is 23.1 Å². The van der Waals surface area contributed by atoms with Crippen LogP contribution in [-0.2, 0) is 12.2 Å². The van der Waals surface area contributed by atoms with Crippen molar-refractivity contribution in [1.29, 1.82) is 0 Å². The van der Waals surface area contributed by atoms with Gasteiger partial charge in [0.1, 0.15) is 5.65 Å². The molecule has 3 aromatic heterocycles. The molecule has 4 rings (SSSR count). The summed E-state index contributed by atoms with van der Waals surface area (Å²) in [7, 11) is 0. The van der Waals surface area contributed by atoms with Crippen molar-refractivity contribution in [1.82, 2.24) is 19.6 Å². The monoisotopic (exact) mass is 409 g/mol. The Morgan fingerprint density at radius 3 is 2.93 bits per heavy atom. The van der Waals surface area contributed by atoms with Gasteiger partial charge in [0.2, 0.25) is 5.13 Å². The molecule has 142 valence electrons. The summed E-state index contributed by atoms with van der Waals surface area (Å²) in [6, 6.07) is 13.4. The average molecular weight is 410 g/mol. The highest BCUT2D eigenvalue weighted by molar-refractivity contribution is 8.00. The fourth-order valence-corrected chi connectivity index (χ4v) is 4.59. The molecule has 0 aliphatic rings. The maximum Gasteiger partial charge on any atom is 0.258 e. The summed E-state index contributed by atoms with van der Waals surface area (Å²) in [5.74, 6) is 0.569. The number of aryl methyl sites for hydroxylation is 2. The van der Waals surface area contributed by atoms with Crippen LogP contribution in [0.2, 0.25) is 0 Å². The smallest absolute Gasteiger partial charge is 0.258 e. The lowest BCUT2D eigenvalue weighted by molar-refractivity contribution is 1.000. The Bertz CT molecular complexity index is 1180. The lowest BCUT2D eigenvalue weighted by atomic mass is 10.1. The van der Waals surface area contributed by atoms with E-state index in [1.54, 1.807) is 12.3 Å². The van der Waals surface area contributed by atoms with Crippen LogP contribution in [0, 0.1) is 6.92 Å². The Labute approximate surface area is 170 Å². The van der Waals surface area contributed by atoms with Gasteiger partial charge in [0.05, 0.1) is 5.69 Å². The van der Waals surface area contributed by atoms with E-state index in [0.717, 1.165) is 27.3 Å². The van der Waals surface area contributed by atoms with Gasteiger partial charge in [-0.3, -0.25) is 9.20 Å². The molecule has 3 heterocycles. The molecule has 0 bridgehead atoms. The second kappa shape index (κ2) is 8.12. The van der Waals surface area contributed by atoms with Crippen molar-refractivity contribution >= 4 is 39.6 Å². The molecular formula is C20H19N5OS2. The van der Waals surface area contributed by atoms with E-state index in [1.807, 2.05) is 18.2 Å².